The van der Waals surface area contributed by atoms with Crippen LogP contribution in [-0.2, 0) is 4.79 Å². The van der Waals surface area contributed by atoms with Gasteiger partial charge < -0.3 is 9.84 Å². The van der Waals surface area contributed by atoms with Gasteiger partial charge in [0.15, 0.2) is 11.5 Å². The molecule has 0 fully saturated rings. The standard InChI is InChI=1S/C17H14Cl3NO3/c1-9(2)17(23)24-16-10(5-12(19)7-15(16)22)8-21-14-4-3-11(18)6-13(14)20/h3-9,22H,1-2H3. The largest absolute Gasteiger partial charge is 0.504 e. The number of ether oxygens (including phenoxy) is 1. The highest BCUT2D eigenvalue weighted by Crippen LogP contribution is 2.34. The number of carbonyl (C=O) groups is 1. The molecule has 0 atom stereocenters. The smallest absolute Gasteiger partial charge is 0.313 e. The van der Waals surface area contributed by atoms with E-state index in [-0.39, 0.29) is 22.4 Å². The van der Waals surface area contributed by atoms with E-state index >= 15 is 0 Å². The lowest BCUT2D eigenvalue weighted by Crippen LogP contribution is -2.15. The number of hydrogen-bond acceptors (Lipinski definition) is 4. The first kappa shape index (κ1) is 18.6. The van der Waals surface area contributed by atoms with Crippen LogP contribution in [0.3, 0.4) is 0 Å². The maximum atomic E-state index is 11.8. The van der Waals surface area contributed by atoms with Gasteiger partial charge >= 0.3 is 5.97 Å². The van der Waals surface area contributed by atoms with Crippen LogP contribution in [0, 0.1) is 5.92 Å². The number of aromatic hydroxyl groups is 1. The van der Waals surface area contributed by atoms with Crippen molar-refractivity contribution in [2.45, 2.75) is 13.8 Å². The lowest BCUT2D eigenvalue weighted by atomic mass is 10.2. The second-order valence-corrected chi connectivity index (χ2v) is 6.55. The maximum Gasteiger partial charge on any atom is 0.313 e. The monoisotopic (exact) mass is 385 g/mol. The van der Waals surface area contributed by atoms with Crippen LogP contribution in [0.1, 0.15) is 19.4 Å². The molecule has 2 aromatic carbocycles. The second-order valence-electron chi connectivity index (χ2n) is 5.27. The second kappa shape index (κ2) is 7.88. The summed E-state index contributed by atoms with van der Waals surface area (Å²) in [5.41, 5.74) is 0.821. The fourth-order valence-electron chi connectivity index (χ4n) is 1.75. The Labute approximate surface area is 154 Å². The van der Waals surface area contributed by atoms with Crippen molar-refractivity contribution in [2.24, 2.45) is 10.9 Å². The van der Waals surface area contributed by atoms with Crippen molar-refractivity contribution in [3.8, 4) is 11.5 Å². The number of nitrogens with zero attached hydrogens (tertiary/aromatic N) is 1. The maximum absolute atomic E-state index is 11.8. The predicted octanol–water partition coefficient (Wildman–Crippen LogP) is 5.66. The molecule has 0 bridgehead atoms. The van der Waals surface area contributed by atoms with E-state index in [1.54, 1.807) is 32.0 Å². The summed E-state index contributed by atoms with van der Waals surface area (Å²) in [6, 6.07) is 7.67. The molecule has 0 aromatic heterocycles. The molecule has 2 aromatic rings. The van der Waals surface area contributed by atoms with Gasteiger partial charge in [-0.2, -0.15) is 0 Å². The van der Waals surface area contributed by atoms with E-state index in [1.807, 2.05) is 0 Å². The molecule has 0 unspecified atom stereocenters. The Kier molecular flexibility index (Phi) is 6.10. The van der Waals surface area contributed by atoms with Crippen LogP contribution in [0.2, 0.25) is 15.1 Å². The summed E-state index contributed by atoms with van der Waals surface area (Å²) >= 11 is 17.9. The Morgan fingerprint density at radius 3 is 2.50 bits per heavy atom. The van der Waals surface area contributed by atoms with Gasteiger partial charge in [-0.15, -0.1) is 0 Å². The first-order valence-corrected chi connectivity index (χ1v) is 8.14. The number of rotatable bonds is 4. The molecule has 0 saturated carbocycles. The topological polar surface area (TPSA) is 58.9 Å². The SMILES string of the molecule is CC(C)C(=O)Oc1c(O)cc(Cl)cc1C=Nc1ccc(Cl)cc1Cl. The molecule has 0 aliphatic carbocycles. The molecule has 0 spiro atoms. The molecular weight excluding hydrogens is 373 g/mol. The van der Waals surface area contributed by atoms with Crippen LogP contribution in [-0.4, -0.2) is 17.3 Å². The van der Waals surface area contributed by atoms with Gasteiger partial charge in [-0.25, -0.2) is 0 Å². The molecule has 126 valence electrons. The number of esters is 1. The van der Waals surface area contributed by atoms with Gasteiger partial charge in [0.2, 0.25) is 0 Å². The highest BCUT2D eigenvalue weighted by molar-refractivity contribution is 6.36. The molecule has 0 heterocycles. The number of benzene rings is 2. The van der Waals surface area contributed by atoms with Gasteiger partial charge in [-0.1, -0.05) is 48.7 Å². The van der Waals surface area contributed by atoms with E-state index in [0.717, 1.165) is 0 Å². The fraction of sp³-hybridized carbons (Fsp3) is 0.176. The van der Waals surface area contributed by atoms with Crippen LogP contribution in [0.4, 0.5) is 5.69 Å². The highest BCUT2D eigenvalue weighted by Gasteiger charge is 2.17. The van der Waals surface area contributed by atoms with Gasteiger partial charge in [-0.3, -0.25) is 9.79 Å². The molecule has 0 radical (unpaired) electrons. The third-order valence-electron chi connectivity index (χ3n) is 2.99. The molecule has 0 amide bonds. The van der Waals surface area contributed by atoms with Crippen LogP contribution in [0.25, 0.3) is 0 Å². The Bertz CT molecular complexity index is 804. The minimum atomic E-state index is -0.480. The van der Waals surface area contributed by atoms with Crippen molar-refractivity contribution in [1.82, 2.24) is 0 Å². The zero-order chi connectivity index (χ0) is 17.9. The summed E-state index contributed by atoms with van der Waals surface area (Å²) in [6.45, 7) is 3.38. The summed E-state index contributed by atoms with van der Waals surface area (Å²) in [5, 5.41) is 11.2. The Balaban J connectivity index is 2.41. The van der Waals surface area contributed by atoms with Crippen molar-refractivity contribution < 1.29 is 14.6 Å². The van der Waals surface area contributed by atoms with Crippen LogP contribution in [0.15, 0.2) is 35.3 Å². The van der Waals surface area contributed by atoms with Gasteiger partial charge in [-0.05, 0) is 24.3 Å². The Morgan fingerprint density at radius 1 is 1.17 bits per heavy atom. The van der Waals surface area contributed by atoms with E-state index in [1.165, 1.54) is 18.3 Å². The summed E-state index contributed by atoms with van der Waals surface area (Å²) < 4.78 is 5.24. The highest BCUT2D eigenvalue weighted by atomic mass is 35.5. The first-order chi connectivity index (χ1) is 11.3. The van der Waals surface area contributed by atoms with Crippen molar-refractivity contribution in [1.29, 1.82) is 0 Å². The molecule has 2 rings (SSSR count). The van der Waals surface area contributed by atoms with E-state index in [0.29, 0.717) is 21.3 Å². The van der Waals surface area contributed by atoms with E-state index in [2.05, 4.69) is 4.99 Å². The lowest BCUT2D eigenvalue weighted by molar-refractivity contribution is -0.137. The first-order valence-electron chi connectivity index (χ1n) is 7.01. The zero-order valence-corrected chi connectivity index (χ0v) is 15.2. The summed E-state index contributed by atoms with van der Waals surface area (Å²) in [4.78, 5) is 16.1. The third-order valence-corrected chi connectivity index (χ3v) is 3.75. The van der Waals surface area contributed by atoms with Gasteiger partial charge in [0.25, 0.3) is 0 Å². The molecule has 24 heavy (non-hydrogen) atoms. The number of aliphatic imine (C=N–C) groups is 1. The average Bonchev–Trinajstić information content (AvgIpc) is 2.49. The predicted molar refractivity (Wildman–Crippen MR) is 97.3 cm³/mol. The lowest BCUT2D eigenvalue weighted by Gasteiger charge is -2.11. The molecule has 0 aliphatic rings. The number of phenols is 1. The van der Waals surface area contributed by atoms with Gasteiger partial charge in [0, 0.05) is 27.9 Å². The average molecular weight is 387 g/mol. The number of halogens is 3. The molecule has 0 saturated heterocycles. The van der Waals surface area contributed by atoms with Gasteiger partial charge in [0.05, 0.1) is 16.6 Å². The molecule has 4 nitrogen and oxygen atoms in total. The fourth-order valence-corrected chi connectivity index (χ4v) is 2.43. The van der Waals surface area contributed by atoms with E-state index in [4.69, 9.17) is 39.5 Å². The normalized spacial score (nSPS) is 11.2. The van der Waals surface area contributed by atoms with Crippen LogP contribution < -0.4 is 4.74 Å². The van der Waals surface area contributed by atoms with Crippen molar-refractivity contribution in [2.75, 3.05) is 0 Å². The third kappa shape index (κ3) is 4.63. The Morgan fingerprint density at radius 2 is 1.88 bits per heavy atom. The number of carbonyl (C=O) groups excluding carboxylic acids is 1. The molecular formula is C17H14Cl3NO3. The minimum absolute atomic E-state index is 0.00747. The number of phenolic OH excluding ortho intramolecular Hbond substituents is 1. The molecule has 1 N–H and O–H groups in total. The van der Waals surface area contributed by atoms with E-state index < -0.39 is 5.97 Å². The van der Waals surface area contributed by atoms with Crippen LogP contribution in [0.5, 0.6) is 11.5 Å². The summed E-state index contributed by atoms with van der Waals surface area (Å²) in [6.07, 6.45) is 1.41. The minimum Gasteiger partial charge on any atom is -0.504 e. The van der Waals surface area contributed by atoms with E-state index in [9.17, 15) is 9.90 Å². The van der Waals surface area contributed by atoms with Crippen LogP contribution >= 0.6 is 34.8 Å². The Hall–Kier alpha value is -1.75. The summed E-state index contributed by atoms with van der Waals surface area (Å²) in [5.74, 6) is -1.09. The zero-order valence-electron chi connectivity index (χ0n) is 12.9. The van der Waals surface area contributed by atoms with Crippen molar-refractivity contribution >= 4 is 52.7 Å². The van der Waals surface area contributed by atoms with Gasteiger partial charge in [0.1, 0.15) is 0 Å². The summed E-state index contributed by atoms with van der Waals surface area (Å²) in [7, 11) is 0. The van der Waals surface area contributed by atoms with Crippen molar-refractivity contribution in [3.05, 3.63) is 51.0 Å². The molecule has 7 heteroatoms. The number of hydrogen-bond donors (Lipinski definition) is 1. The van der Waals surface area contributed by atoms with Crippen molar-refractivity contribution in [3.63, 3.8) is 0 Å². The quantitative estimate of drug-likeness (QED) is 0.419. The molecule has 0 aliphatic heterocycles.